The zero-order chi connectivity index (χ0) is 23.4. The number of hydrogen-bond donors (Lipinski definition) is 2. The van der Waals surface area contributed by atoms with Crippen molar-refractivity contribution >= 4 is 34.6 Å². The predicted molar refractivity (Wildman–Crippen MR) is 118 cm³/mol. The molecule has 3 aromatic carbocycles. The highest BCUT2D eigenvalue weighted by Gasteiger charge is 2.19. The van der Waals surface area contributed by atoms with Gasteiger partial charge in [0.05, 0.1) is 21.0 Å². The van der Waals surface area contributed by atoms with Crippen molar-refractivity contribution in [3.05, 3.63) is 103 Å². The summed E-state index contributed by atoms with van der Waals surface area (Å²) in [5.74, 6) is -1.12. The topological polar surface area (TPSA) is 144 Å². The third kappa shape index (κ3) is 4.75. The molecule has 0 fully saturated rings. The first-order valence-corrected chi connectivity index (χ1v) is 9.39. The van der Waals surface area contributed by atoms with Gasteiger partial charge in [-0.25, -0.2) is 0 Å². The number of anilines is 2. The lowest BCUT2D eigenvalue weighted by atomic mass is 10.0. The van der Waals surface area contributed by atoms with Crippen molar-refractivity contribution in [2.75, 3.05) is 10.6 Å². The van der Waals surface area contributed by atoms with Gasteiger partial charge in [-0.05, 0) is 49.2 Å². The van der Waals surface area contributed by atoms with Gasteiger partial charge in [0.25, 0.3) is 23.2 Å². The zero-order valence-electron chi connectivity index (χ0n) is 17.1. The Hall–Kier alpha value is -4.60. The number of benzene rings is 3. The van der Waals surface area contributed by atoms with Gasteiger partial charge in [0, 0.05) is 35.6 Å². The first-order chi connectivity index (χ1) is 15.2. The van der Waals surface area contributed by atoms with Crippen LogP contribution in [0, 0.1) is 34.1 Å². The maximum absolute atomic E-state index is 12.8. The van der Waals surface area contributed by atoms with E-state index in [1.165, 1.54) is 48.5 Å². The fourth-order valence-electron chi connectivity index (χ4n) is 3.06. The van der Waals surface area contributed by atoms with E-state index in [1.807, 2.05) is 0 Å². The predicted octanol–water partition coefficient (Wildman–Crippen LogP) is 4.62. The first kappa shape index (κ1) is 22.1. The number of aryl methyl sites for hydroxylation is 2. The molecule has 0 radical (unpaired) electrons. The number of carbonyl (C=O) groups is 2. The summed E-state index contributed by atoms with van der Waals surface area (Å²) in [4.78, 5) is 46.4. The van der Waals surface area contributed by atoms with Crippen LogP contribution in [0.25, 0.3) is 0 Å². The molecule has 2 amide bonds. The largest absolute Gasteiger partial charge is 0.322 e. The van der Waals surface area contributed by atoms with Gasteiger partial charge in [-0.2, -0.15) is 0 Å². The van der Waals surface area contributed by atoms with Gasteiger partial charge in [-0.3, -0.25) is 29.8 Å². The van der Waals surface area contributed by atoms with Crippen LogP contribution in [0.3, 0.4) is 0 Å². The Labute approximate surface area is 182 Å². The minimum Gasteiger partial charge on any atom is -0.322 e. The van der Waals surface area contributed by atoms with Crippen LogP contribution >= 0.6 is 0 Å². The van der Waals surface area contributed by atoms with Crippen LogP contribution in [-0.4, -0.2) is 21.7 Å². The van der Waals surface area contributed by atoms with Gasteiger partial charge < -0.3 is 10.6 Å². The number of rotatable bonds is 6. The first-order valence-electron chi connectivity index (χ1n) is 9.39. The second kappa shape index (κ2) is 9.04. The van der Waals surface area contributed by atoms with Gasteiger partial charge in [0.1, 0.15) is 0 Å². The minimum absolute atomic E-state index is 0.0984. The maximum atomic E-state index is 12.8. The molecule has 10 heteroatoms. The highest BCUT2D eigenvalue weighted by molar-refractivity contribution is 6.15. The van der Waals surface area contributed by atoms with Gasteiger partial charge in [-0.15, -0.1) is 0 Å². The molecule has 0 aromatic heterocycles. The Morgan fingerprint density at radius 3 is 1.38 bits per heavy atom. The molecule has 3 aromatic rings. The van der Waals surface area contributed by atoms with E-state index in [0.717, 1.165) is 0 Å². The van der Waals surface area contributed by atoms with E-state index in [2.05, 4.69) is 10.6 Å². The molecule has 10 nitrogen and oxygen atoms in total. The summed E-state index contributed by atoms with van der Waals surface area (Å²) in [6.45, 7) is 3.25. The lowest BCUT2D eigenvalue weighted by Gasteiger charge is -2.13. The smallest absolute Gasteiger partial charge is 0.269 e. The summed E-state index contributed by atoms with van der Waals surface area (Å²) in [5, 5.41) is 27.1. The maximum Gasteiger partial charge on any atom is 0.269 e. The lowest BCUT2D eigenvalue weighted by Crippen LogP contribution is -2.20. The molecule has 0 saturated carbocycles. The average molecular weight is 434 g/mol. The summed E-state index contributed by atoms with van der Waals surface area (Å²) in [5.41, 5.74) is 1.75. The summed E-state index contributed by atoms with van der Waals surface area (Å²) in [6, 6.07) is 14.2. The number of carbonyl (C=O) groups excluding carboxylic acids is 2. The number of nitro benzene ring substituents is 2. The highest BCUT2D eigenvalue weighted by atomic mass is 16.6. The summed E-state index contributed by atoms with van der Waals surface area (Å²) < 4.78 is 0. The van der Waals surface area contributed by atoms with Gasteiger partial charge in [0.2, 0.25) is 0 Å². The zero-order valence-corrected chi connectivity index (χ0v) is 17.1. The molecule has 162 valence electrons. The molecule has 0 aliphatic heterocycles. The lowest BCUT2D eigenvalue weighted by molar-refractivity contribution is -0.385. The number of nitrogens with one attached hydrogen (secondary N) is 2. The second-order valence-corrected chi connectivity index (χ2v) is 6.97. The van der Waals surface area contributed by atoms with Crippen molar-refractivity contribution in [1.82, 2.24) is 0 Å². The molecule has 0 aliphatic rings. The second-order valence-electron chi connectivity index (χ2n) is 6.97. The number of hydrogen-bond acceptors (Lipinski definition) is 6. The van der Waals surface area contributed by atoms with Crippen molar-refractivity contribution in [1.29, 1.82) is 0 Å². The van der Waals surface area contributed by atoms with E-state index in [4.69, 9.17) is 0 Å². The van der Waals surface area contributed by atoms with Crippen LogP contribution < -0.4 is 10.6 Å². The van der Waals surface area contributed by atoms with Crippen LogP contribution in [0.5, 0.6) is 0 Å². The molecule has 0 unspecified atom stereocenters. The van der Waals surface area contributed by atoms with E-state index < -0.39 is 21.7 Å². The van der Waals surface area contributed by atoms with Crippen LogP contribution in [-0.2, 0) is 0 Å². The number of nitrogens with zero attached hydrogens (tertiary/aromatic N) is 2. The number of nitro groups is 2. The van der Waals surface area contributed by atoms with Crippen molar-refractivity contribution in [2.45, 2.75) is 13.8 Å². The quantitative estimate of drug-likeness (QED) is 0.428. The van der Waals surface area contributed by atoms with E-state index in [1.54, 1.807) is 26.0 Å². The average Bonchev–Trinajstić information content (AvgIpc) is 2.76. The third-order valence-corrected chi connectivity index (χ3v) is 4.75. The molecule has 2 N–H and O–H groups in total. The Kier molecular flexibility index (Phi) is 6.24. The van der Waals surface area contributed by atoms with Crippen LogP contribution in [0.2, 0.25) is 0 Å². The fourth-order valence-corrected chi connectivity index (χ4v) is 3.06. The molecule has 0 saturated heterocycles. The van der Waals surface area contributed by atoms with E-state index >= 15 is 0 Å². The normalized spacial score (nSPS) is 10.3. The molecule has 0 aliphatic carbocycles. The standard InChI is InChI=1S/C22H18N4O6/c1-13-11-15(25(29)30)7-9-19(13)23-21(27)17-5-3-4-6-18(17)22(28)24-20-10-8-16(26(31)32)12-14(20)2/h3-12H,1-2H3,(H,23,27)(H,24,28). The SMILES string of the molecule is Cc1cc([N+](=O)[O-])ccc1NC(=O)c1ccccc1C(=O)Nc1ccc([N+](=O)[O-])cc1C. The molecule has 0 heterocycles. The monoisotopic (exact) mass is 434 g/mol. The van der Waals surface area contributed by atoms with Crippen molar-refractivity contribution in [3.8, 4) is 0 Å². The minimum atomic E-state index is -0.562. The summed E-state index contributed by atoms with van der Waals surface area (Å²) >= 11 is 0. The highest BCUT2D eigenvalue weighted by Crippen LogP contribution is 2.24. The fraction of sp³-hybridized carbons (Fsp3) is 0.0909. The number of amides is 2. The van der Waals surface area contributed by atoms with Gasteiger partial charge in [0.15, 0.2) is 0 Å². The van der Waals surface area contributed by atoms with E-state index in [9.17, 15) is 29.8 Å². The van der Waals surface area contributed by atoms with Crippen molar-refractivity contribution in [3.63, 3.8) is 0 Å². The van der Waals surface area contributed by atoms with Gasteiger partial charge >= 0.3 is 0 Å². The van der Waals surface area contributed by atoms with Crippen LogP contribution in [0.1, 0.15) is 31.8 Å². The van der Waals surface area contributed by atoms with Crippen LogP contribution in [0.15, 0.2) is 60.7 Å². The van der Waals surface area contributed by atoms with Crippen molar-refractivity contribution in [2.24, 2.45) is 0 Å². The molecule has 0 atom stereocenters. The van der Waals surface area contributed by atoms with Gasteiger partial charge in [-0.1, -0.05) is 12.1 Å². The molecular formula is C22H18N4O6. The Balaban J connectivity index is 1.84. The molecule has 3 rings (SSSR count). The van der Waals surface area contributed by atoms with E-state index in [-0.39, 0.29) is 22.5 Å². The molecule has 0 bridgehead atoms. The molecular weight excluding hydrogens is 416 g/mol. The molecule has 32 heavy (non-hydrogen) atoms. The third-order valence-electron chi connectivity index (χ3n) is 4.75. The summed E-state index contributed by atoms with van der Waals surface area (Å²) in [6.07, 6.45) is 0. The Bertz CT molecular complexity index is 1160. The Morgan fingerprint density at radius 2 is 1.06 bits per heavy atom. The Morgan fingerprint density at radius 1 is 0.688 bits per heavy atom. The number of non-ortho nitro benzene ring substituents is 2. The van der Waals surface area contributed by atoms with Crippen LogP contribution in [0.4, 0.5) is 22.7 Å². The van der Waals surface area contributed by atoms with E-state index in [0.29, 0.717) is 22.5 Å². The summed E-state index contributed by atoms with van der Waals surface area (Å²) in [7, 11) is 0. The van der Waals surface area contributed by atoms with Crippen molar-refractivity contribution < 1.29 is 19.4 Å². The molecule has 0 spiro atoms.